The number of aromatic nitrogens is 2. The minimum atomic E-state index is -4.82. The molecule has 0 atom stereocenters. The number of carbonyl (C=O) groups excluding carboxylic acids is 1. The van der Waals surface area contributed by atoms with Gasteiger partial charge in [0.2, 0.25) is 0 Å². The third-order valence-electron chi connectivity index (χ3n) is 6.16. The molecule has 2 N–H and O–H groups in total. The number of fused-ring (bicyclic) bond motifs is 3. The summed E-state index contributed by atoms with van der Waals surface area (Å²) in [6.45, 7) is -0.110. The summed E-state index contributed by atoms with van der Waals surface area (Å²) in [5.74, 6) is -1.35. The first kappa shape index (κ1) is 24.1. The fourth-order valence-corrected chi connectivity index (χ4v) is 4.49. The third kappa shape index (κ3) is 4.90. The second kappa shape index (κ2) is 9.45. The summed E-state index contributed by atoms with van der Waals surface area (Å²) < 4.78 is 47.3. The number of anilines is 1. The molecule has 1 heterocycles. The number of halogens is 3. The molecule has 1 aliphatic carbocycles. The van der Waals surface area contributed by atoms with Gasteiger partial charge in [0.1, 0.15) is 6.61 Å². The predicted molar refractivity (Wildman–Crippen MR) is 128 cm³/mol. The van der Waals surface area contributed by atoms with Gasteiger partial charge in [0.05, 0.1) is 17.8 Å². The smallest absolute Gasteiger partial charge is 0.437 e. The summed E-state index contributed by atoms with van der Waals surface area (Å²) in [5.41, 5.74) is 2.82. The molecule has 0 bridgehead atoms. The summed E-state index contributed by atoms with van der Waals surface area (Å²) in [7, 11) is 0. The molecule has 37 heavy (non-hydrogen) atoms. The van der Waals surface area contributed by atoms with Crippen molar-refractivity contribution in [1.82, 2.24) is 9.78 Å². The Kier molecular flexibility index (Phi) is 6.16. The SMILES string of the molecule is O=C(Nc1cn(Cc2ccc(C(=O)O)cc2)nc1C(F)(F)F)OCC1c2ccccc2-c2ccccc21. The van der Waals surface area contributed by atoms with Crippen LogP contribution in [0.1, 0.15) is 38.7 Å². The molecule has 0 radical (unpaired) electrons. The van der Waals surface area contributed by atoms with Crippen molar-refractivity contribution in [3.8, 4) is 11.1 Å². The molecule has 0 fully saturated rings. The Morgan fingerprint density at radius 3 is 2.11 bits per heavy atom. The summed E-state index contributed by atoms with van der Waals surface area (Å²) >= 11 is 0. The highest BCUT2D eigenvalue weighted by atomic mass is 19.4. The number of carboxylic acids is 1. The largest absolute Gasteiger partial charge is 0.478 e. The average molecular weight is 507 g/mol. The van der Waals surface area contributed by atoms with E-state index in [0.29, 0.717) is 5.56 Å². The Hall–Kier alpha value is -4.60. The molecule has 4 aromatic rings. The van der Waals surface area contributed by atoms with Gasteiger partial charge < -0.3 is 9.84 Å². The van der Waals surface area contributed by atoms with Crippen LogP contribution in [0, 0.1) is 0 Å². The molecule has 1 aliphatic rings. The van der Waals surface area contributed by atoms with Gasteiger partial charge in [-0.2, -0.15) is 18.3 Å². The molecule has 1 aromatic heterocycles. The lowest BCUT2D eigenvalue weighted by Gasteiger charge is -2.14. The van der Waals surface area contributed by atoms with Gasteiger partial charge in [-0.3, -0.25) is 10.00 Å². The van der Waals surface area contributed by atoms with E-state index in [-0.39, 0.29) is 24.6 Å². The van der Waals surface area contributed by atoms with E-state index in [1.54, 1.807) is 0 Å². The molecular formula is C27H20F3N3O4. The molecule has 0 spiro atoms. The van der Waals surface area contributed by atoms with E-state index >= 15 is 0 Å². The number of carboxylic acid groups (broad SMARTS) is 1. The number of hydrogen-bond donors (Lipinski definition) is 2. The van der Waals surface area contributed by atoms with Gasteiger partial charge >= 0.3 is 18.2 Å². The van der Waals surface area contributed by atoms with Gasteiger partial charge in [0.15, 0.2) is 5.69 Å². The number of rotatable bonds is 6. The van der Waals surface area contributed by atoms with Gasteiger partial charge in [-0.15, -0.1) is 0 Å². The van der Waals surface area contributed by atoms with Crippen molar-refractivity contribution in [2.24, 2.45) is 0 Å². The van der Waals surface area contributed by atoms with Crippen molar-refractivity contribution >= 4 is 17.7 Å². The first-order valence-corrected chi connectivity index (χ1v) is 11.3. The summed E-state index contributed by atoms with van der Waals surface area (Å²) in [6.07, 6.45) is -4.78. The van der Waals surface area contributed by atoms with Gasteiger partial charge in [-0.05, 0) is 39.9 Å². The highest BCUT2D eigenvalue weighted by Crippen LogP contribution is 2.44. The average Bonchev–Trinajstić information content (AvgIpc) is 3.42. The minimum absolute atomic E-state index is 0.0503. The van der Waals surface area contributed by atoms with Crippen LogP contribution in [0.4, 0.5) is 23.7 Å². The maximum atomic E-state index is 13.6. The van der Waals surface area contributed by atoms with Gasteiger partial charge in [0.25, 0.3) is 0 Å². The number of nitrogens with one attached hydrogen (secondary N) is 1. The number of aromatic carboxylic acids is 1. The number of ether oxygens (including phenoxy) is 1. The highest BCUT2D eigenvalue weighted by molar-refractivity contribution is 5.87. The van der Waals surface area contributed by atoms with E-state index in [4.69, 9.17) is 9.84 Å². The van der Waals surface area contributed by atoms with E-state index in [0.717, 1.165) is 33.1 Å². The zero-order valence-electron chi connectivity index (χ0n) is 19.2. The van der Waals surface area contributed by atoms with Crippen molar-refractivity contribution in [1.29, 1.82) is 0 Å². The van der Waals surface area contributed by atoms with Crippen LogP contribution in [0.5, 0.6) is 0 Å². The van der Waals surface area contributed by atoms with Crippen LogP contribution in [0.2, 0.25) is 0 Å². The quantitative estimate of drug-likeness (QED) is 0.334. The third-order valence-corrected chi connectivity index (χ3v) is 6.16. The molecule has 0 unspecified atom stereocenters. The molecular weight excluding hydrogens is 487 g/mol. The normalized spacial score (nSPS) is 12.6. The molecule has 7 nitrogen and oxygen atoms in total. The Balaban J connectivity index is 1.31. The van der Waals surface area contributed by atoms with Crippen LogP contribution in [0.15, 0.2) is 79.0 Å². The summed E-state index contributed by atoms with van der Waals surface area (Å²) in [5, 5.41) is 14.8. The minimum Gasteiger partial charge on any atom is -0.478 e. The topological polar surface area (TPSA) is 93.5 Å². The van der Waals surface area contributed by atoms with Crippen LogP contribution >= 0.6 is 0 Å². The maximum Gasteiger partial charge on any atom is 0.437 e. The highest BCUT2D eigenvalue weighted by Gasteiger charge is 2.38. The molecule has 0 aliphatic heterocycles. The number of nitrogens with zero attached hydrogens (tertiary/aromatic N) is 2. The monoisotopic (exact) mass is 507 g/mol. The lowest BCUT2D eigenvalue weighted by atomic mass is 9.98. The van der Waals surface area contributed by atoms with E-state index < -0.39 is 29.6 Å². The van der Waals surface area contributed by atoms with E-state index in [1.165, 1.54) is 24.3 Å². The first-order valence-electron chi connectivity index (χ1n) is 11.3. The van der Waals surface area contributed by atoms with Crippen molar-refractivity contribution in [3.63, 3.8) is 0 Å². The first-order chi connectivity index (χ1) is 17.7. The lowest BCUT2D eigenvalue weighted by Crippen LogP contribution is -2.19. The Morgan fingerprint density at radius 1 is 0.946 bits per heavy atom. The van der Waals surface area contributed by atoms with Gasteiger partial charge in [-0.1, -0.05) is 60.7 Å². The van der Waals surface area contributed by atoms with E-state index in [9.17, 15) is 22.8 Å². The molecule has 0 saturated heterocycles. The Bertz CT molecular complexity index is 1430. The van der Waals surface area contributed by atoms with Crippen molar-refractivity contribution in [3.05, 3.63) is 107 Å². The number of hydrogen-bond acceptors (Lipinski definition) is 4. The van der Waals surface area contributed by atoms with Crippen LogP contribution < -0.4 is 5.32 Å². The van der Waals surface area contributed by atoms with Crippen LogP contribution in [0.3, 0.4) is 0 Å². The Labute approximate surface area is 209 Å². The molecule has 1 amide bonds. The number of benzene rings is 3. The van der Waals surface area contributed by atoms with Gasteiger partial charge in [0, 0.05) is 12.1 Å². The van der Waals surface area contributed by atoms with Crippen molar-refractivity contribution < 1.29 is 32.6 Å². The standard InChI is InChI=1S/C27H20F3N3O4/c28-27(29,30)24-23(14-33(32-24)13-16-9-11-17(12-10-16)25(34)35)31-26(36)37-15-22-20-7-3-1-5-18(20)19-6-2-4-8-21(19)22/h1-12,14,22H,13,15H2,(H,31,36)(H,34,35). The lowest BCUT2D eigenvalue weighted by molar-refractivity contribution is -0.140. The number of carbonyl (C=O) groups is 2. The van der Waals surface area contributed by atoms with Gasteiger partial charge in [-0.25, -0.2) is 9.59 Å². The molecule has 3 aromatic carbocycles. The Morgan fingerprint density at radius 2 is 1.54 bits per heavy atom. The summed E-state index contributed by atoms with van der Waals surface area (Å²) in [6, 6.07) is 21.1. The zero-order chi connectivity index (χ0) is 26.2. The second-order valence-electron chi connectivity index (χ2n) is 8.54. The van der Waals surface area contributed by atoms with E-state index in [1.807, 2.05) is 48.5 Å². The summed E-state index contributed by atoms with van der Waals surface area (Å²) in [4.78, 5) is 23.5. The predicted octanol–water partition coefficient (Wildman–Crippen LogP) is 6.01. The fraction of sp³-hybridized carbons (Fsp3) is 0.148. The molecule has 0 saturated carbocycles. The number of amides is 1. The molecule has 5 rings (SSSR count). The van der Waals surface area contributed by atoms with Crippen LogP contribution in [0.25, 0.3) is 11.1 Å². The van der Waals surface area contributed by atoms with Crippen molar-refractivity contribution in [2.45, 2.75) is 18.6 Å². The maximum absolute atomic E-state index is 13.6. The van der Waals surface area contributed by atoms with Crippen molar-refractivity contribution in [2.75, 3.05) is 11.9 Å². The fourth-order valence-electron chi connectivity index (χ4n) is 4.49. The van der Waals surface area contributed by atoms with Crippen LogP contribution in [-0.4, -0.2) is 33.6 Å². The molecule has 10 heteroatoms. The van der Waals surface area contributed by atoms with Crippen LogP contribution in [-0.2, 0) is 17.5 Å². The second-order valence-corrected chi connectivity index (χ2v) is 8.54. The molecule has 188 valence electrons. The van der Waals surface area contributed by atoms with E-state index in [2.05, 4.69) is 10.4 Å². The number of alkyl halides is 3. The zero-order valence-corrected chi connectivity index (χ0v) is 19.2.